The Labute approximate surface area is 120 Å². The smallest absolute Gasteiger partial charge is 0.0445 e. The summed E-state index contributed by atoms with van der Waals surface area (Å²) in [5.41, 5.74) is 2.73. The molecule has 0 bridgehead atoms. The van der Waals surface area contributed by atoms with E-state index in [1.165, 1.54) is 29.8 Å². The maximum Gasteiger partial charge on any atom is 0.0445 e. The van der Waals surface area contributed by atoms with Crippen molar-refractivity contribution in [2.24, 2.45) is 0 Å². The number of nitrogens with one attached hydrogen (secondary N) is 1. The van der Waals surface area contributed by atoms with Gasteiger partial charge in [-0.05, 0) is 25.8 Å². The molecule has 1 saturated heterocycles. The molecule has 2 atom stereocenters. The monoisotopic (exact) mass is 277 g/mol. The van der Waals surface area contributed by atoms with Crippen LogP contribution in [0.5, 0.6) is 0 Å². The summed E-state index contributed by atoms with van der Waals surface area (Å²) in [4.78, 5) is 6.87. The fraction of sp³-hybridized carbons (Fsp3) is 0.667. The topological polar surface area (TPSA) is 28.2 Å². The van der Waals surface area contributed by atoms with Crippen LogP contribution in [0.15, 0.2) is 18.5 Å². The Bertz CT molecular complexity index is 433. The largest absolute Gasteiger partial charge is 0.367 e. The summed E-state index contributed by atoms with van der Waals surface area (Å²) in [6, 6.07) is 3.53. The van der Waals surface area contributed by atoms with E-state index in [1.54, 1.807) is 0 Å². The lowest BCUT2D eigenvalue weighted by Gasteiger charge is -2.40. The molecule has 0 amide bonds. The van der Waals surface area contributed by atoms with E-state index in [2.05, 4.69) is 46.9 Å². The summed E-state index contributed by atoms with van der Waals surface area (Å²) in [5, 5.41) is 4.31. The van der Waals surface area contributed by atoms with E-state index in [9.17, 15) is 0 Å². The van der Waals surface area contributed by atoms with Crippen molar-refractivity contribution in [3.8, 4) is 0 Å². The quantitative estimate of drug-likeness (QED) is 0.916. The Balaban J connectivity index is 1.77. The average Bonchev–Trinajstić information content (AvgIpc) is 3.24. The SMILES string of the molecule is CC1SCCN(c2ccncc2CNC2CC2)C1C. The molecule has 1 aromatic heterocycles. The van der Waals surface area contributed by atoms with Gasteiger partial charge in [0.2, 0.25) is 0 Å². The minimum atomic E-state index is 0.598. The first-order chi connectivity index (χ1) is 9.25. The van der Waals surface area contributed by atoms with Gasteiger partial charge in [0.1, 0.15) is 0 Å². The third kappa shape index (κ3) is 3.06. The molecule has 0 radical (unpaired) electrons. The first kappa shape index (κ1) is 13.3. The minimum absolute atomic E-state index is 0.598. The highest BCUT2D eigenvalue weighted by Crippen LogP contribution is 2.31. The van der Waals surface area contributed by atoms with Gasteiger partial charge in [0.25, 0.3) is 0 Å². The Hall–Kier alpha value is -0.740. The molecular weight excluding hydrogens is 254 g/mol. The zero-order valence-electron chi connectivity index (χ0n) is 11.8. The average molecular weight is 277 g/mol. The summed E-state index contributed by atoms with van der Waals surface area (Å²) in [5.74, 6) is 1.23. The highest BCUT2D eigenvalue weighted by molar-refractivity contribution is 8.00. The van der Waals surface area contributed by atoms with Crippen LogP contribution in [-0.2, 0) is 6.54 Å². The number of nitrogens with zero attached hydrogens (tertiary/aromatic N) is 2. The molecule has 0 aromatic carbocycles. The Morgan fingerprint density at radius 2 is 2.26 bits per heavy atom. The van der Waals surface area contributed by atoms with Gasteiger partial charge in [-0.25, -0.2) is 0 Å². The van der Waals surface area contributed by atoms with Gasteiger partial charge >= 0.3 is 0 Å². The first-order valence-corrected chi connectivity index (χ1v) is 8.35. The van der Waals surface area contributed by atoms with Crippen LogP contribution in [0.4, 0.5) is 5.69 Å². The van der Waals surface area contributed by atoms with E-state index in [4.69, 9.17) is 0 Å². The van der Waals surface area contributed by atoms with Crippen molar-refractivity contribution < 1.29 is 0 Å². The molecule has 1 aromatic rings. The maximum absolute atomic E-state index is 4.31. The highest BCUT2D eigenvalue weighted by Gasteiger charge is 2.27. The number of pyridine rings is 1. The van der Waals surface area contributed by atoms with Crippen molar-refractivity contribution in [3.05, 3.63) is 24.0 Å². The van der Waals surface area contributed by atoms with Gasteiger partial charge in [-0.2, -0.15) is 11.8 Å². The van der Waals surface area contributed by atoms with Gasteiger partial charge in [-0.3, -0.25) is 4.98 Å². The van der Waals surface area contributed by atoms with Crippen LogP contribution < -0.4 is 10.2 Å². The maximum atomic E-state index is 4.31. The molecule has 2 unspecified atom stereocenters. The highest BCUT2D eigenvalue weighted by atomic mass is 32.2. The summed E-state index contributed by atoms with van der Waals surface area (Å²) < 4.78 is 0. The van der Waals surface area contributed by atoms with Gasteiger partial charge in [-0.1, -0.05) is 6.92 Å². The molecule has 3 nitrogen and oxygen atoms in total. The molecule has 4 heteroatoms. The minimum Gasteiger partial charge on any atom is -0.367 e. The van der Waals surface area contributed by atoms with E-state index >= 15 is 0 Å². The van der Waals surface area contributed by atoms with E-state index in [0.717, 1.165) is 19.1 Å². The summed E-state index contributed by atoms with van der Waals surface area (Å²) in [7, 11) is 0. The van der Waals surface area contributed by atoms with Crippen molar-refractivity contribution in [1.82, 2.24) is 10.3 Å². The predicted octanol–water partition coefficient (Wildman–Crippen LogP) is 2.66. The summed E-state index contributed by atoms with van der Waals surface area (Å²) in [6.07, 6.45) is 6.63. The van der Waals surface area contributed by atoms with E-state index in [0.29, 0.717) is 11.3 Å². The Kier molecular flexibility index (Phi) is 3.99. The van der Waals surface area contributed by atoms with Gasteiger partial charge in [0.15, 0.2) is 0 Å². The van der Waals surface area contributed by atoms with Crippen LogP contribution in [0.1, 0.15) is 32.3 Å². The lowest BCUT2D eigenvalue weighted by Crippen LogP contribution is -2.45. The molecule has 2 aliphatic rings. The number of hydrogen-bond acceptors (Lipinski definition) is 4. The third-order valence-corrected chi connectivity index (χ3v) is 5.57. The molecule has 1 saturated carbocycles. The number of thioether (sulfide) groups is 1. The number of anilines is 1. The van der Waals surface area contributed by atoms with E-state index in [-0.39, 0.29) is 0 Å². The predicted molar refractivity (Wildman–Crippen MR) is 82.8 cm³/mol. The second kappa shape index (κ2) is 5.71. The molecule has 1 aliphatic heterocycles. The molecule has 1 N–H and O–H groups in total. The van der Waals surface area contributed by atoms with Gasteiger partial charge in [-0.15, -0.1) is 0 Å². The number of aromatic nitrogens is 1. The van der Waals surface area contributed by atoms with Crippen molar-refractivity contribution >= 4 is 17.4 Å². The fourth-order valence-corrected chi connectivity index (χ4v) is 3.75. The van der Waals surface area contributed by atoms with Gasteiger partial charge in [0, 0.05) is 59.8 Å². The molecule has 0 spiro atoms. The van der Waals surface area contributed by atoms with Gasteiger partial charge < -0.3 is 10.2 Å². The third-order valence-electron chi connectivity index (χ3n) is 4.23. The molecule has 2 heterocycles. The zero-order chi connectivity index (χ0) is 13.2. The second-order valence-corrected chi connectivity index (χ2v) is 7.15. The fourth-order valence-electron chi connectivity index (χ4n) is 2.65. The van der Waals surface area contributed by atoms with Crippen LogP contribution in [-0.4, -0.2) is 34.6 Å². The van der Waals surface area contributed by atoms with Crippen molar-refractivity contribution in [3.63, 3.8) is 0 Å². The molecule has 1 aliphatic carbocycles. The number of hydrogen-bond donors (Lipinski definition) is 1. The molecular formula is C15H23N3S. The van der Waals surface area contributed by atoms with Crippen LogP contribution in [0.25, 0.3) is 0 Å². The van der Waals surface area contributed by atoms with Crippen LogP contribution in [0.3, 0.4) is 0 Å². The molecule has 104 valence electrons. The second-order valence-electron chi connectivity index (χ2n) is 5.67. The van der Waals surface area contributed by atoms with Crippen LogP contribution in [0.2, 0.25) is 0 Å². The lowest BCUT2D eigenvalue weighted by atomic mass is 10.1. The molecule has 19 heavy (non-hydrogen) atoms. The Morgan fingerprint density at radius 3 is 3.05 bits per heavy atom. The lowest BCUT2D eigenvalue weighted by molar-refractivity contribution is 0.618. The number of rotatable bonds is 4. The standard InChI is InChI=1S/C15H23N3S/c1-11-12(2)19-8-7-18(11)15-5-6-16-9-13(15)10-17-14-3-4-14/h5-6,9,11-12,14,17H,3-4,7-8,10H2,1-2H3. The van der Waals surface area contributed by atoms with E-state index in [1.807, 2.05) is 12.4 Å². The van der Waals surface area contributed by atoms with Crippen molar-refractivity contribution in [1.29, 1.82) is 0 Å². The van der Waals surface area contributed by atoms with Crippen LogP contribution >= 0.6 is 11.8 Å². The van der Waals surface area contributed by atoms with Crippen LogP contribution in [0, 0.1) is 0 Å². The summed E-state index contributed by atoms with van der Waals surface area (Å²) in [6.45, 7) is 6.79. The van der Waals surface area contributed by atoms with Crippen molar-refractivity contribution in [2.45, 2.75) is 50.6 Å². The molecule has 3 rings (SSSR count). The first-order valence-electron chi connectivity index (χ1n) is 7.30. The summed E-state index contributed by atoms with van der Waals surface area (Å²) >= 11 is 2.09. The molecule has 2 fully saturated rings. The van der Waals surface area contributed by atoms with Crippen molar-refractivity contribution in [2.75, 3.05) is 17.2 Å². The normalized spacial score (nSPS) is 27.6. The Morgan fingerprint density at radius 1 is 1.42 bits per heavy atom. The van der Waals surface area contributed by atoms with Gasteiger partial charge in [0.05, 0.1) is 0 Å². The van der Waals surface area contributed by atoms with E-state index < -0.39 is 0 Å². The zero-order valence-corrected chi connectivity index (χ0v) is 12.6.